The lowest BCUT2D eigenvalue weighted by molar-refractivity contribution is 0.0629. The Morgan fingerprint density at radius 3 is 1.87 bits per heavy atom. The average molecular weight is 322 g/mol. The normalized spacial score (nSPS) is 13.7. The van der Waals surface area contributed by atoms with Gasteiger partial charge in [0.1, 0.15) is 5.60 Å². The topological polar surface area (TPSA) is 61.0 Å². The van der Waals surface area contributed by atoms with Gasteiger partial charge in [0.15, 0.2) is 5.75 Å². The van der Waals surface area contributed by atoms with Crippen molar-refractivity contribution in [2.75, 3.05) is 5.73 Å². The Bertz CT molecular complexity index is 408. The molecule has 0 fully saturated rings. The summed E-state index contributed by atoms with van der Waals surface area (Å²) in [5, 5.41) is 0. The molecular weight excluding hydrogens is 286 g/mol. The van der Waals surface area contributed by atoms with Crippen LogP contribution >= 0.6 is 0 Å². The molecule has 1 rings (SSSR count). The smallest absolute Gasteiger partial charge is 0.220 e. The number of nitrogen functional groups attached to an aromatic ring is 1. The number of hydrogen-bond donors (Lipinski definition) is 1. The summed E-state index contributed by atoms with van der Waals surface area (Å²) in [5.41, 5.74) is 5.43. The van der Waals surface area contributed by atoms with Crippen LogP contribution in [0.2, 0.25) is 0 Å². The third-order valence-electron chi connectivity index (χ3n) is 4.38. The van der Waals surface area contributed by atoms with Crippen molar-refractivity contribution >= 4 is 5.95 Å². The van der Waals surface area contributed by atoms with Gasteiger partial charge < -0.3 is 10.5 Å². The van der Waals surface area contributed by atoms with E-state index in [1.54, 1.807) is 12.4 Å². The van der Waals surface area contributed by atoms with Gasteiger partial charge in [-0.15, -0.1) is 0 Å². The van der Waals surface area contributed by atoms with Gasteiger partial charge in [0.25, 0.3) is 0 Å². The Labute approximate surface area is 142 Å². The molecule has 2 N–H and O–H groups in total. The number of hydrogen-bond acceptors (Lipinski definition) is 4. The van der Waals surface area contributed by atoms with Gasteiger partial charge in [-0.3, -0.25) is 0 Å². The molecular formula is C19H35N3O. The highest BCUT2D eigenvalue weighted by molar-refractivity contribution is 5.21. The highest BCUT2D eigenvalue weighted by atomic mass is 16.5. The molecule has 0 aliphatic carbocycles. The minimum atomic E-state index is -0.126. The Morgan fingerprint density at radius 1 is 0.870 bits per heavy atom. The molecule has 0 aromatic carbocycles. The molecule has 0 saturated carbocycles. The molecule has 1 aromatic heterocycles. The summed E-state index contributed by atoms with van der Waals surface area (Å²) in [6.07, 6.45) is 17.1. The fourth-order valence-electron chi connectivity index (χ4n) is 2.92. The summed E-state index contributed by atoms with van der Waals surface area (Å²) < 4.78 is 6.26. The van der Waals surface area contributed by atoms with E-state index in [0.29, 0.717) is 5.95 Å². The second kappa shape index (κ2) is 11.3. The number of nitrogens with zero attached hydrogens (tertiary/aromatic N) is 2. The summed E-state index contributed by atoms with van der Waals surface area (Å²) in [4.78, 5) is 8.07. The monoisotopic (exact) mass is 321 g/mol. The molecule has 0 amide bonds. The zero-order valence-corrected chi connectivity index (χ0v) is 15.3. The van der Waals surface area contributed by atoms with Crippen LogP contribution in [0.15, 0.2) is 12.4 Å². The lowest BCUT2D eigenvalue weighted by Gasteiger charge is -2.31. The van der Waals surface area contributed by atoms with Crippen LogP contribution in [0.25, 0.3) is 0 Å². The summed E-state index contributed by atoms with van der Waals surface area (Å²) in [5.74, 6) is 1.02. The van der Waals surface area contributed by atoms with E-state index in [0.717, 1.165) is 18.6 Å². The SMILES string of the molecule is CCCCCCCC(C)(CCCCCC)Oc1cnc(N)nc1. The van der Waals surface area contributed by atoms with Crippen molar-refractivity contribution in [3.63, 3.8) is 0 Å². The number of unbranched alkanes of at least 4 members (excludes halogenated alkanes) is 7. The van der Waals surface area contributed by atoms with E-state index in [1.165, 1.54) is 57.8 Å². The highest BCUT2D eigenvalue weighted by Crippen LogP contribution is 2.28. The molecule has 1 unspecified atom stereocenters. The largest absolute Gasteiger partial charge is 0.484 e. The van der Waals surface area contributed by atoms with Crippen molar-refractivity contribution in [1.29, 1.82) is 0 Å². The first-order valence-corrected chi connectivity index (χ1v) is 9.36. The molecule has 4 heteroatoms. The van der Waals surface area contributed by atoms with Crippen molar-refractivity contribution in [1.82, 2.24) is 9.97 Å². The maximum absolute atomic E-state index is 6.26. The summed E-state index contributed by atoms with van der Waals surface area (Å²) >= 11 is 0. The minimum Gasteiger partial charge on any atom is -0.484 e. The Morgan fingerprint density at radius 2 is 1.35 bits per heavy atom. The molecule has 4 nitrogen and oxygen atoms in total. The number of ether oxygens (including phenoxy) is 1. The maximum atomic E-state index is 6.26. The van der Waals surface area contributed by atoms with Gasteiger partial charge in [-0.1, -0.05) is 58.8 Å². The van der Waals surface area contributed by atoms with Gasteiger partial charge in [-0.05, 0) is 32.6 Å². The van der Waals surface area contributed by atoms with E-state index in [9.17, 15) is 0 Å². The predicted octanol–water partition coefficient (Wildman–Crippen LogP) is 5.53. The highest BCUT2D eigenvalue weighted by Gasteiger charge is 2.25. The van der Waals surface area contributed by atoms with Gasteiger partial charge in [0.2, 0.25) is 5.95 Å². The first-order chi connectivity index (χ1) is 11.1. The minimum absolute atomic E-state index is 0.126. The lowest BCUT2D eigenvalue weighted by Crippen LogP contribution is -2.32. The van der Waals surface area contributed by atoms with E-state index in [1.807, 2.05) is 0 Å². The molecule has 1 heterocycles. The standard InChI is InChI=1S/C19H35N3O/c1-4-6-8-10-12-14-19(3,13-11-9-7-5-2)23-17-15-21-18(20)22-16-17/h15-16H,4-14H2,1-3H3,(H2,20,21,22). The van der Waals surface area contributed by atoms with Crippen LogP contribution in [-0.4, -0.2) is 15.6 Å². The molecule has 0 saturated heterocycles. The van der Waals surface area contributed by atoms with Crippen molar-refractivity contribution in [3.8, 4) is 5.75 Å². The molecule has 1 atom stereocenters. The van der Waals surface area contributed by atoms with Gasteiger partial charge in [0.05, 0.1) is 12.4 Å². The quantitative estimate of drug-likeness (QED) is 0.485. The Hall–Kier alpha value is -1.32. The third-order valence-corrected chi connectivity index (χ3v) is 4.38. The van der Waals surface area contributed by atoms with Gasteiger partial charge >= 0.3 is 0 Å². The molecule has 132 valence electrons. The second-order valence-electron chi connectivity index (χ2n) is 6.80. The van der Waals surface area contributed by atoms with E-state index < -0.39 is 0 Å². The molecule has 1 aromatic rings. The van der Waals surface area contributed by atoms with Gasteiger partial charge in [-0.25, -0.2) is 9.97 Å². The fraction of sp³-hybridized carbons (Fsp3) is 0.789. The van der Waals surface area contributed by atoms with Crippen LogP contribution in [0.3, 0.4) is 0 Å². The third kappa shape index (κ3) is 8.77. The fourth-order valence-corrected chi connectivity index (χ4v) is 2.92. The molecule has 0 bridgehead atoms. The summed E-state index contributed by atoms with van der Waals surface area (Å²) in [6.45, 7) is 6.73. The maximum Gasteiger partial charge on any atom is 0.220 e. The van der Waals surface area contributed by atoms with E-state index in [4.69, 9.17) is 10.5 Å². The van der Waals surface area contributed by atoms with Crippen molar-refractivity contribution in [2.45, 2.75) is 97.0 Å². The van der Waals surface area contributed by atoms with Gasteiger partial charge in [-0.2, -0.15) is 0 Å². The predicted molar refractivity (Wildman–Crippen MR) is 97.6 cm³/mol. The van der Waals surface area contributed by atoms with E-state index in [2.05, 4.69) is 30.7 Å². The number of rotatable bonds is 13. The average Bonchev–Trinajstić information content (AvgIpc) is 2.54. The van der Waals surface area contributed by atoms with Crippen molar-refractivity contribution < 1.29 is 4.74 Å². The summed E-state index contributed by atoms with van der Waals surface area (Å²) in [6, 6.07) is 0. The Balaban J connectivity index is 2.53. The zero-order chi connectivity index (χ0) is 17.0. The van der Waals surface area contributed by atoms with Crippen LogP contribution in [-0.2, 0) is 0 Å². The zero-order valence-electron chi connectivity index (χ0n) is 15.3. The van der Waals surface area contributed by atoms with E-state index in [-0.39, 0.29) is 5.60 Å². The molecule has 23 heavy (non-hydrogen) atoms. The van der Waals surface area contributed by atoms with Gasteiger partial charge in [0, 0.05) is 0 Å². The van der Waals surface area contributed by atoms with Crippen LogP contribution in [0.1, 0.15) is 91.4 Å². The van der Waals surface area contributed by atoms with Crippen molar-refractivity contribution in [3.05, 3.63) is 12.4 Å². The molecule has 0 aliphatic heterocycles. The molecule has 0 aliphatic rings. The first-order valence-electron chi connectivity index (χ1n) is 9.36. The number of nitrogens with two attached hydrogens (primary N) is 1. The molecule has 0 spiro atoms. The second-order valence-corrected chi connectivity index (χ2v) is 6.80. The molecule has 0 radical (unpaired) electrons. The number of anilines is 1. The lowest BCUT2D eigenvalue weighted by atomic mass is 9.91. The van der Waals surface area contributed by atoms with Crippen molar-refractivity contribution in [2.24, 2.45) is 0 Å². The number of aromatic nitrogens is 2. The van der Waals surface area contributed by atoms with Crippen LogP contribution in [0.4, 0.5) is 5.95 Å². The summed E-state index contributed by atoms with van der Waals surface area (Å²) in [7, 11) is 0. The van der Waals surface area contributed by atoms with Crippen LogP contribution < -0.4 is 10.5 Å². The first kappa shape index (κ1) is 19.7. The Kier molecular flexibility index (Phi) is 9.65. The van der Waals surface area contributed by atoms with E-state index >= 15 is 0 Å². The van der Waals surface area contributed by atoms with Crippen LogP contribution in [0.5, 0.6) is 5.75 Å². The van der Waals surface area contributed by atoms with Crippen LogP contribution in [0, 0.1) is 0 Å².